The summed E-state index contributed by atoms with van der Waals surface area (Å²) in [4.78, 5) is 14.0. The number of carbonyl (C=O) groups is 1. The molecule has 2 amide bonds. The van der Waals surface area contributed by atoms with Crippen LogP contribution in [0.4, 0.5) is 10.5 Å². The summed E-state index contributed by atoms with van der Waals surface area (Å²) in [6.07, 6.45) is 4.58. The first-order valence-corrected chi connectivity index (χ1v) is 6.88. The zero-order valence-electron chi connectivity index (χ0n) is 11.5. The number of ether oxygens (including phenoxy) is 1. The van der Waals surface area contributed by atoms with Gasteiger partial charge in [-0.05, 0) is 25.5 Å². The number of aromatic nitrogens is 2. The van der Waals surface area contributed by atoms with Crippen LogP contribution < -0.4 is 5.32 Å². The number of hydrogen-bond donors (Lipinski definition) is 1. The highest BCUT2D eigenvalue weighted by molar-refractivity contribution is 5.93. The smallest absolute Gasteiger partial charge is 0.322 e. The molecule has 1 atom stereocenters. The summed E-state index contributed by atoms with van der Waals surface area (Å²) in [5.41, 5.74) is 1.62. The van der Waals surface area contributed by atoms with Crippen molar-refractivity contribution in [1.29, 1.82) is 0 Å². The fraction of sp³-hybridized carbons (Fsp3) is 0.429. The maximum absolute atomic E-state index is 12.2. The molecule has 0 aromatic carbocycles. The summed E-state index contributed by atoms with van der Waals surface area (Å²) in [6, 6.07) is 5.66. The number of urea groups is 1. The number of likely N-dealkylation sites (tertiary alicyclic amines) is 1. The fourth-order valence-corrected chi connectivity index (χ4v) is 2.51. The molecule has 1 aliphatic heterocycles. The van der Waals surface area contributed by atoms with E-state index >= 15 is 0 Å². The molecule has 0 aliphatic carbocycles. The SMILES string of the molecule is CCO[C@H]1CCN(C(=O)Nc2cnn3ccccc23)C1. The maximum atomic E-state index is 12.2. The topological polar surface area (TPSA) is 58.9 Å². The van der Waals surface area contributed by atoms with E-state index in [0.29, 0.717) is 13.2 Å². The number of hydrogen-bond acceptors (Lipinski definition) is 3. The molecule has 106 valence electrons. The van der Waals surface area contributed by atoms with Crippen molar-refractivity contribution in [3.8, 4) is 0 Å². The number of nitrogens with zero attached hydrogens (tertiary/aromatic N) is 3. The Bertz CT molecular complexity index is 610. The zero-order valence-corrected chi connectivity index (χ0v) is 11.5. The predicted molar refractivity (Wildman–Crippen MR) is 75.8 cm³/mol. The van der Waals surface area contributed by atoms with Gasteiger partial charge in [0.25, 0.3) is 0 Å². The molecule has 0 radical (unpaired) electrons. The minimum Gasteiger partial charge on any atom is -0.377 e. The average Bonchev–Trinajstić information content (AvgIpc) is 3.07. The van der Waals surface area contributed by atoms with Gasteiger partial charge in [0.2, 0.25) is 0 Å². The number of carbonyl (C=O) groups excluding carboxylic acids is 1. The Hall–Kier alpha value is -2.08. The maximum Gasteiger partial charge on any atom is 0.322 e. The van der Waals surface area contributed by atoms with Crippen molar-refractivity contribution < 1.29 is 9.53 Å². The van der Waals surface area contributed by atoms with Gasteiger partial charge in [-0.15, -0.1) is 0 Å². The number of anilines is 1. The third-order valence-electron chi connectivity index (χ3n) is 3.50. The van der Waals surface area contributed by atoms with E-state index in [9.17, 15) is 4.79 Å². The molecule has 0 unspecified atom stereocenters. The molecule has 1 fully saturated rings. The third-order valence-corrected chi connectivity index (χ3v) is 3.50. The highest BCUT2D eigenvalue weighted by Gasteiger charge is 2.26. The molecule has 2 aromatic rings. The van der Waals surface area contributed by atoms with E-state index in [0.717, 1.165) is 24.2 Å². The van der Waals surface area contributed by atoms with E-state index in [1.165, 1.54) is 0 Å². The van der Waals surface area contributed by atoms with Crippen molar-refractivity contribution in [3.63, 3.8) is 0 Å². The van der Waals surface area contributed by atoms with Gasteiger partial charge >= 0.3 is 6.03 Å². The van der Waals surface area contributed by atoms with E-state index in [4.69, 9.17) is 4.74 Å². The Morgan fingerprint density at radius 2 is 2.45 bits per heavy atom. The monoisotopic (exact) mass is 274 g/mol. The van der Waals surface area contributed by atoms with Gasteiger partial charge in [-0.3, -0.25) is 0 Å². The van der Waals surface area contributed by atoms with Gasteiger partial charge < -0.3 is 15.0 Å². The van der Waals surface area contributed by atoms with Gasteiger partial charge in [0.1, 0.15) is 0 Å². The molecule has 20 heavy (non-hydrogen) atoms. The molecule has 1 N–H and O–H groups in total. The molecule has 0 bridgehead atoms. The second-order valence-electron chi connectivity index (χ2n) is 4.83. The molecule has 0 spiro atoms. The Balaban J connectivity index is 1.67. The van der Waals surface area contributed by atoms with Crippen LogP contribution in [-0.2, 0) is 4.74 Å². The Labute approximate surface area is 117 Å². The van der Waals surface area contributed by atoms with E-state index in [-0.39, 0.29) is 12.1 Å². The lowest BCUT2D eigenvalue weighted by atomic mass is 10.3. The van der Waals surface area contributed by atoms with Crippen LogP contribution in [0.1, 0.15) is 13.3 Å². The normalized spacial score (nSPS) is 18.6. The minimum atomic E-state index is -0.0917. The first-order chi connectivity index (χ1) is 9.78. The lowest BCUT2D eigenvalue weighted by molar-refractivity contribution is 0.0716. The van der Waals surface area contributed by atoms with Crippen LogP contribution in [-0.4, -0.2) is 46.3 Å². The van der Waals surface area contributed by atoms with Crippen LogP contribution in [0.2, 0.25) is 0 Å². The number of fused-ring (bicyclic) bond motifs is 1. The lowest BCUT2D eigenvalue weighted by Crippen LogP contribution is -2.34. The molecule has 1 aliphatic rings. The summed E-state index contributed by atoms with van der Waals surface area (Å²) >= 11 is 0. The Kier molecular flexibility index (Phi) is 3.56. The van der Waals surface area contributed by atoms with Gasteiger partial charge in [0.05, 0.1) is 23.5 Å². The van der Waals surface area contributed by atoms with E-state index < -0.39 is 0 Å². The molecule has 1 saturated heterocycles. The summed E-state index contributed by atoms with van der Waals surface area (Å²) < 4.78 is 7.29. The molecule has 6 heteroatoms. The van der Waals surface area contributed by atoms with Crippen LogP contribution in [0.15, 0.2) is 30.6 Å². The summed E-state index contributed by atoms with van der Waals surface area (Å²) in [5.74, 6) is 0. The second-order valence-corrected chi connectivity index (χ2v) is 4.83. The second kappa shape index (κ2) is 5.50. The van der Waals surface area contributed by atoms with Crippen molar-refractivity contribution in [2.24, 2.45) is 0 Å². The van der Waals surface area contributed by atoms with Gasteiger partial charge in [0, 0.05) is 25.9 Å². The summed E-state index contributed by atoms with van der Waals surface area (Å²) in [7, 11) is 0. The molecular weight excluding hydrogens is 256 g/mol. The quantitative estimate of drug-likeness (QED) is 0.931. The average molecular weight is 274 g/mol. The Morgan fingerprint density at radius 1 is 1.55 bits per heavy atom. The van der Waals surface area contributed by atoms with Gasteiger partial charge in [-0.1, -0.05) is 6.07 Å². The zero-order chi connectivity index (χ0) is 13.9. The first kappa shape index (κ1) is 12.9. The van der Waals surface area contributed by atoms with Crippen LogP contribution in [0.5, 0.6) is 0 Å². The largest absolute Gasteiger partial charge is 0.377 e. The molecular formula is C14H18N4O2. The van der Waals surface area contributed by atoms with E-state index in [1.807, 2.05) is 31.3 Å². The van der Waals surface area contributed by atoms with Gasteiger partial charge in [-0.2, -0.15) is 5.10 Å². The first-order valence-electron chi connectivity index (χ1n) is 6.88. The van der Waals surface area contributed by atoms with Gasteiger partial charge in [0.15, 0.2) is 0 Å². The van der Waals surface area contributed by atoms with Crippen molar-refractivity contribution >= 4 is 17.2 Å². The van der Waals surface area contributed by atoms with E-state index in [2.05, 4.69) is 10.4 Å². The summed E-state index contributed by atoms with van der Waals surface area (Å²) in [5, 5.41) is 7.12. The van der Waals surface area contributed by atoms with E-state index in [1.54, 1.807) is 15.6 Å². The lowest BCUT2D eigenvalue weighted by Gasteiger charge is -2.16. The number of rotatable bonds is 3. The minimum absolute atomic E-state index is 0.0917. The van der Waals surface area contributed by atoms with Crippen molar-refractivity contribution in [3.05, 3.63) is 30.6 Å². The molecule has 3 rings (SSSR count). The molecule has 2 aromatic heterocycles. The van der Waals surface area contributed by atoms with Crippen LogP contribution in [0, 0.1) is 0 Å². The molecule has 0 saturated carbocycles. The number of nitrogens with one attached hydrogen (secondary N) is 1. The standard InChI is InChI=1S/C14H18N4O2/c1-2-20-11-6-8-17(10-11)14(19)16-12-9-15-18-7-4-3-5-13(12)18/h3-5,7,9,11H,2,6,8,10H2,1H3,(H,16,19)/t11-/m0/s1. The number of amides is 2. The third kappa shape index (κ3) is 2.46. The highest BCUT2D eigenvalue weighted by Crippen LogP contribution is 2.18. The fourth-order valence-electron chi connectivity index (χ4n) is 2.51. The highest BCUT2D eigenvalue weighted by atomic mass is 16.5. The van der Waals surface area contributed by atoms with Crippen molar-refractivity contribution in [2.45, 2.75) is 19.4 Å². The number of pyridine rings is 1. The molecule has 3 heterocycles. The predicted octanol–water partition coefficient (Wildman–Crippen LogP) is 1.98. The van der Waals surface area contributed by atoms with Crippen molar-refractivity contribution in [2.75, 3.05) is 25.0 Å². The van der Waals surface area contributed by atoms with Gasteiger partial charge in [-0.25, -0.2) is 9.31 Å². The Morgan fingerprint density at radius 3 is 3.30 bits per heavy atom. The van der Waals surface area contributed by atoms with Crippen LogP contribution in [0.3, 0.4) is 0 Å². The van der Waals surface area contributed by atoms with Crippen molar-refractivity contribution in [1.82, 2.24) is 14.5 Å². The van der Waals surface area contributed by atoms with Crippen LogP contribution in [0.25, 0.3) is 5.52 Å². The summed E-state index contributed by atoms with van der Waals surface area (Å²) in [6.45, 7) is 4.05. The van der Waals surface area contributed by atoms with Crippen LogP contribution >= 0.6 is 0 Å². The molecule has 6 nitrogen and oxygen atoms in total.